The van der Waals surface area contributed by atoms with Crippen LogP contribution in [0.1, 0.15) is 21.5 Å². The van der Waals surface area contributed by atoms with Gasteiger partial charge in [0.2, 0.25) is 5.91 Å². The van der Waals surface area contributed by atoms with Crippen LogP contribution in [0.15, 0.2) is 42.5 Å². The van der Waals surface area contributed by atoms with Crippen molar-refractivity contribution >= 4 is 40.9 Å². The lowest BCUT2D eigenvalue weighted by atomic mass is 10.1. The topological polar surface area (TPSA) is 110 Å². The van der Waals surface area contributed by atoms with Gasteiger partial charge in [0, 0.05) is 17.8 Å². The molecule has 25 heavy (non-hydrogen) atoms. The zero-order valence-electron chi connectivity index (χ0n) is 13.0. The highest BCUT2D eigenvalue weighted by Gasteiger charge is 2.12. The number of hydrogen-bond acceptors (Lipinski definition) is 4. The van der Waals surface area contributed by atoms with Gasteiger partial charge in [-0.25, -0.2) is 4.79 Å². The van der Waals surface area contributed by atoms with Gasteiger partial charge < -0.3 is 10.4 Å². The van der Waals surface area contributed by atoms with Gasteiger partial charge >= 0.3 is 5.97 Å². The highest BCUT2D eigenvalue weighted by molar-refractivity contribution is 6.32. The minimum absolute atomic E-state index is 0.0146. The summed E-state index contributed by atoms with van der Waals surface area (Å²) in [4.78, 5) is 33.1. The fourth-order valence-electron chi connectivity index (χ4n) is 2.06. The fraction of sp³-hybridized carbons (Fsp3) is 0.0588. The summed E-state index contributed by atoms with van der Waals surface area (Å²) in [5, 5.41) is 22.4. The fourth-order valence-corrected chi connectivity index (χ4v) is 2.24. The molecule has 8 heteroatoms. The number of aromatic carboxylic acids is 1. The number of hydrogen-bond donors (Lipinski definition) is 2. The number of rotatable bonds is 5. The van der Waals surface area contributed by atoms with E-state index < -0.39 is 16.8 Å². The quantitative estimate of drug-likeness (QED) is 0.477. The molecule has 2 N–H and O–H groups in total. The molecule has 2 aromatic carbocycles. The summed E-state index contributed by atoms with van der Waals surface area (Å²) in [6, 6.07) is 8.52. The van der Waals surface area contributed by atoms with E-state index in [0.717, 1.165) is 0 Å². The molecule has 0 saturated heterocycles. The van der Waals surface area contributed by atoms with Gasteiger partial charge in [0.05, 0.1) is 10.5 Å². The Morgan fingerprint density at radius 3 is 2.56 bits per heavy atom. The van der Waals surface area contributed by atoms with Crippen molar-refractivity contribution < 1.29 is 19.6 Å². The van der Waals surface area contributed by atoms with Gasteiger partial charge in [0.1, 0.15) is 5.02 Å². The number of nitrogens with zero attached hydrogens (tertiary/aromatic N) is 1. The number of benzene rings is 2. The van der Waals surface area contributed by atoms with E-state index in [9.17, 15) is 19.7 Å². The Morgan fingerprint density at radius 2 is 1.96 bits per heavy atom. The molecule has 0 radical (unpaired) electrons. The molecule has 7 nitrogen and oxygen atoms in total. The second kappa shape index (κ2) is 7.59. The number of anilines is 1. The Bertz CT molecular complexity index is 893. The number of carboxylic acid groups (broad SMARTS) is 1. The molecule has 2 aromatic rings. The van der Waals surface area contributed by atoms with Crippen molar-refractivity contribution in [3.05, 3.63) is 74.3 Å². The SMILES string of the molecule is Cc1cc(C(=O)O)ccc1NC(=O)/C=C/c1ccc(Cl)c([N+](=O)[O-])c1. The minimum Gasteiger partial charge on any atom is -0.478 e. The van der Waals surface area contributed by atoms with Gasteiger partial charge in [0.25, 0.3) is 5.69 Å². The van der Waals surface area contributed by atoms with Crippen LogP contribution in [0.5, 0.6) is 0 Å². The van der Waals surface area contributed by atoms with Crippen LogP contribution in [0, 0.1) is 17.0 Å². The van der Waals surface area contributed by atoms with Crippen molar-refractivity contribution in [3.8, 4) is 0 Å². The van der Waals surface area contributed by atoms with E-state index in [-0.39, 0.29) is 16.3 Å². The first-order chi connectivity index (χ1) is 11.8. The Balaban J connectivity index is 2.12. The number of halogens is 1. The van der Waals surface area contributed by atoms with Crippen LogP contribution < -0.4 is 5.32 Å². The summed E-state index contributed by atoms with van der Waals surface area (Å²) in [6.45, 7) is 1.67. The number of carboxylic acids is 1. The average molecular weight is 361 g/mol. The molecule has 0 saturated carbocycles. The lowest BCUT2D eigenvalue weighted by molar-refractivity contribution is -0.384. The van der Waals surface area contributed by atoms with E-state index in [1.807, 2.05) is 0 Å². The number of carbonyl (C=O) groups is 2. The lowest BCUT2D eigenvalue weighted by Gasteiger charge is -2.07. The van der Waals surface area contributed by atoms with Crippen LogP contribution in [0.3, 0.4) is 0 Å². The van der Waals surface area contributed by atoms with Crippen LogP contribution in [0.25, 0.3) is 6.08 Å². The first kappa shape index (κ1) is 18.2. The van der Waals surface area contributed by atoms with Gasteiger partial charge in [-0.15, -0.1) is 0 Å². The van der Waals surface area contributed by atoms with E-state index in [1.165, 1.54) is 42.5 Å². The van der Waals surface area contributed by atoms with Gasteiger partial charge in [-0.05, 0) is 48.4 Å². The van der Waals surface area contributed by atoms with E-state index in [2.05, 4.69) is 5.32 Å². The predicted molar refractivity (Wildman–Crippen MR) is 93.9 cm³/mol. The van der Waals surface area contributed by atoms with Crippen LogP contribution >= 0.6 is 11.6 Å². The van der Waals surface area contributed by atoms with E-state index >= 15 is 0 Å². The zero-order valence-corrected chi connectivity index (χ0v) is 13.8. The van der Waals surface area contributed by atoms with Crippen molar-refractivity contribution in [1.29, 1.82) is 0 Å². The van der Waals surface area contributed by atoms with Crippen LogP contribution in [-0.4, -0.2) is 21.9 Å². The summed E-state index contributed by atoms with van der Waals surface area (Å²) < 4.78 is 0. The standard InChI is InChI=1S/C17H13ClN2O5/c1-10-8-12(17(22)23)4-6-14(10)19-16(21)7-3-11-2-5-13(18)15(9-11)20(24)25/h2-9H,1H3,(H,19,21)(H,22,23)/b7-3+. The third kappa shape index (κ3) is 4.65. The Kier molecular flexibility index (Phi) is 5.51. The third-order valence-corrected chi connectivity index (χ3v) is 3.64. The van der Waals surface area contributed by atoms with E-state index in [1.54, 1.807) is 13.0 Å². The highest BCUT2D eigenvalue weighted by atomic mass is 35.5. The summed E-state index contributed by atoms with van der Waals surface area (Å²) in [7, 11) is 0. The molecule has 1 amide bonds. The Hall–Kier alpha value is -3.19. The van der Waals surface area contributed by atoms with Gasteiger partial charge in [-0.2, -0.15) is 0 Å². The summed E-state index contributed by atoms with van der Waals surface area (Å²) in [5.74, 6) is -1.51. The molecule has 0 aliphatic heterocycles. The normalized spacial score (nSPS) is 10.6. The molecule has 0 unspecified atom stereocenters. The largest absolute Gasteiger partial charge is 0.478 e. The highest BCUT2D eigenvalue weighted by Crippen LogP contribution is 2.25. The maximum Gasteiger partial charge on any atom is 0.335 e. The predicted octanol–water partition coefficient (Wildman–Crippen LogP) is 3.91. The number of nitro benzene ring substituents is 1. The van der Waals surface area contributed by atoms with E-state index in [0.29, 0.717) is 16.8 Å². The van der Waals surface area contributed by atoms with E-state index in [4.69, 9.17) is 16.7 Å². The first-order valence-electron chi connectivity index (χ1n) is 7.05. The number of carbonyl (C=O) groups excluding carboxylic acids is 1. The molecule has 0 aliphatic rings. The molecule has 0 fully saturated rings. The van der Waals surface area contributed by atoms with Gasteiger partial charge in [-0.1, -0.05) is 17.7 Å². The molecule has 2 rings (SSSR count). The molecular formula is C17H13ClN2O5. The zero-order chi connectivity index (χ0) is 18.6. The average Bonchev–Trinajstić information content (AvgIpc) is 2.55. The third-order valence-electron chi connectivity index (χ3n) is 3.33. The Labute approximate surface area is 147 Å². The summed E-state index contributed by atoms with van der Waals surface area (Å²) >= 11 is 5.73. The van der Waals surface area contributed by atoms with Crippen LogP contribution in [0.2, 0.25) is 5.02 Å². The molecule has 0 atom stereocenters. The molecule has 0 aliphatic carbocycles. The molecule has 0 bridgehead atoms. The maximum atomic E-state index is 12.0. The van der Waals surface area contributed by atoms with Gasteiger partial charge in [0.15, 0.2) is 0 Å². The van der Waals surface area contributed by atoms with Crippen LogP contribution in [-0.2, 0) is 4.79 Å². The molecule has 0 spiro atoms. The number of nitro groups is 1. The van der Waals surface area contributed by atoms with Crippen molar-refractivity contribution in [3.63, 3.8) is 0 Å². The number of nitrogens with one attached hydrogen (secondary N) is 1. The van der Waals surface area contributed by atoms with Crippen molar-refractivity contribution in [2.24, 2.45) is 0 Å². The lowest BCUT2D eigenvalue weighted by Crippen LogP contribution is -2.09. The summed E-state index contributed by atoms with van der Waals surface area (Å²) in [5.41, 5.74) is 1.40. The Morgan fingerprint density at radius 1 is 1.24 bits per heavy atom. The molecule has 0 heterocycles. The van der Waals surface area contributed by atoms with Gasteiger partial charge in [-0.3, -0.25) is 14.9 Å². The summed E-state index contributed by atoms with van der Waals surface area (Å²) in [6.07, 6.45) is 2.64. The monoisotopic (exact) mass is 360 g/mol. The minimum atomic E-state index is -1.05. The first-order valence-corrected chi connectivity index (χ1v) is 7.42. The maximum absolute atomic E-state index is 12.0. The second-order valence-corrected chi connectivity index (χ2v) is 5.53. The molecular weight excluding hydrogens is 348 g/mol. The molecule has 0 aromatic heterocycles. The smallest absolute Gasteiger partial charge is 0.335 e. The van der Waals surface area contributed by atoms with Crippen LogP contribution in [0.4, 0.5) is 11.4 Å². The molecule has 128 valence electrons. The van der Waals surface area contributed by atoms with Crippen molar-refractivity contribution in [2.75, 3.05) is 5.32 Å². The number of aryl methyl sites for hydroxylation is 1. The van der Waals surface area contributed by atoms with Crippen molar-refractivity contribution in [2.45, 2.75) is 6.92 Å². The van der Waals surface area contributed by atoms with Crippen molar-refractivity contribution in [1.82, 2.24) is 0 Å². The number of amides is 1. The second-order valence-electron chi connectivity index (χ2n) is 5.13.